The highest BCUT2D eigenvalue weighted by atomic mass is 35.5. The second kappa shape index (κ2) is 8.02. The van der Waals surface area contributed by atoms with Gasteiger partial charge in [0.1, 0.15) is 4.91 Å². The Morgan fingerprint density at radius 1 is 1.19 bits per heavy atom. The maximum Gasteiger partial charge on any atom is 0.342 e. The van der Waals surface area contributed by atoms with Crippen LogP contribution in [-0.4, -0.2) is 26.2 Å². The predicted octanol–water partition coefficient (Wildman–Crippen LogP) is 4.52. The first kappa shape index (κ1) is 18.6. The highest BCUT2D eigenvalue weighted by Crippen LogP contribution is 2.33. The van der Waals surface area contributed by atoms with Gasteiger partial charge in [-0.2, -0.15) is 0 Å². The number of nitro groups is 1. The monoisotopic (exact) mass is 403 g/mol. The summed E-state index contributed by atoms with van der Waals surface area (Å²) >= 11 is 6.76. The van der Waals surface area contributed by atoms with E-state index in [1.807, 2.05) is 0 Å². The molecule has 0 amide bonds. The molecule has 1 N–H and O–H groups in total. The molecular formula is C17H10ClN3O5S. The molecule has 0 bridgehead atoms. The summed E-state index contributed by atoms with van der Waals surface area (Å²) < 4.78 is 5.46. The van der Waals surface area contributed by atoms with Gasteiger partial charge in [-0.1, -0.05) is 35.9 Å². The first-order chi connectivity index (χ1) is 13.0. The molecule has 2 aromatic carbocycles. The summed E-state index contributed by atoms with van der Waals surface area (Å²) in [6.07, 6.45) is 1.19. The number of halogens is 1. The molecule has 0 aliphatic heterocycles. The highest BCUT2D eigenvalue weighted by Gasteiger charge is 2.19. The molecule has 0 fully saturated rings. The Balaban J connectivity index is 1.92. The van der Waals surface area contributed by atoms with Crippen LogP contribution in [-0.2, 0) is 4.79 Å². The van der Waals surface area contributed by atoms with Crippen LogP contribution in [0.2, 0.25) is 5.02 Å². The van der Waals surface area contributed by atoms with Crippen molar-refractivity contribution in [3.8, 4) is 11.5 Å². The number of thioether (sulfide) groups is 1. The molecule has 10 heteroatoms. The minimum Gasteiger partial charge on any atom is -0.477 e. The Morgan fingerprint density at radius 2 is 1.89 bits per heavy atom. The normalized spacial score (nSPS) is 11.4. The quantitative estimate of drug-likeness (QED) is 0.276. The summed E-state index contributed by atoms with van der Waals surface area (Å²) in [5.41, 5.74) is 0.454. The lowest BCUT2D eigenvalue weighted by Crippen LogP contribution is -1.98. The third kappa shape index (κ3) is 4.33. The first-order valence-corrected chi connectivity index (χ1v) is 8.60. The van der Waals surface area contributed by atoms with E-state index in [1.165, 1.54) is 24.3 Å². The summed E-state index contributed by atoms with van der Waals surface area (Å²) in [6, 6.07) is 12.6. The molecule has 3 aromatic rings. The fourth-order valence-electron chi connectivity index (χ4n) is 2.14. The van der Waals surface area contributed by atoms with Crippen LogP contribution in [0.15, 0.2) is 63.1 Å². The minimum atomic E-state index is -1.28. The van der Waals surface area contributed by atoms with E-state index in [9.17, 15) is 20.0 Å². The first-order valence-electron chi connectivity index (χ1n) is 7.40. The minimum absolute atomic E-state index is 0.0304. The summed E-state index contributed by atoms with van der Waals surface area (Å²) in [4.78, 5) is 21.8. The molecule has 1 heterocycles. The van der Waals surface area contributed by atoms with Gasteiger partial charge in [0.2, 0.25) is 5.89 Å². The number of carbonyl (C=O) groups is 1. The van der Waals surface area contributed by atoms with Gasteiger partial charge in [-0.05, 0) is 36.0 Å². The number of nitrogens with zero attached hydrogens (tertiary/aromatic N) is 3. The molecule has 0 saturated carbocycles. The molecule has 136 valence electrons. The van der Waals surface area contributed by atoms with Crippen LogP contribution in [0.1, 0.15) is 5.56 Å². The summed E-state index contributed by atoms with van der Waals surface area (Å²) in [5.74, 6) is -1.14. The number of aromatic nitrogens is 2. The van der Waals surface area contributed by atoms with Crippen LogP contribution >= 0.6 is 23.4 Å². The number of benzene rings is 2. The number of nitro benzene ring substituents is 1. The zero-order chi connectivity index (χ0) is 19.4. The number of aliphatic carboxylic acids is 1. The number of rotatable bonds is 6. The van der Waals surface area contributed by atoms with Crippen molar-refractivity contribution >= 4 is 41.1 Å². The maximum atomic E-state index is 11.6. The van der Waals surface area contributed by atoms with E-state index < -0.39 is 10.9 Å². The SMILES string of the molecule is O=C(O)/C(=C\c1ccccc1[N+](=O)[O-])Sc1nnc(-c2ccccc2Cl)o1. The van der Waals surface area contributed by atoms with E-state index in [1.54, 1.807) is 30.3 Å². The van der Waals surface area contributed by atoms with Crippen LogP contribution in [0.3, 0.4) is 0 Å². The molecule has 0 radical (unpaired) electrons. The smallest absolute Gasteiger partial charge is 0.342 e. The van der Waals surface area contributed by atoms with Crippen molar-refractivity contribution in [2.75, 3.05) is 0 Å². The van der Waals surface area contributed by atoms with E-state index in [0.717, 1.165) is 0 Å². The average molecular weight is 404 g/mol. The third-order valence-electron chi connectivity index (χ3n) is 3.34. The van der Waals surface area contributed by atoms with Crippen molar-refractivity contribution in [2.24, 2.45) is 0 Å². The lowest BCUT2D eigenvalue weighted by Gasteiger charge is -2.01. The van der Waals surface area contributed by atoms with Gasteiger partial charge in [0.15, 0.2) is 0 Å². The summed E-state index contributed by atoms with van der Waals surface area (Å²) in [7, 11) is 0. The van der Waals surface area contributed by atoms with Gasteiger partial charge < -0.3 is 9.52 Å². The van der Waals surface area contributed by atoms with E-state index >= 15 is 0 Å². The Hall–Kier alpha value is -3.17. The molecule has 0 aliphatic rings. The van der Waals surface area contributed by atoms with Crippen LogP contribution in [0.5, 0.6) is 0 Å². The number of hydrogen-bond donors (Lipinski definition) is 1. The molecule has 1 aromatic heterocycles. The van der Waals surface area contributed by atoms with Crippen molar-refractivity contribution < 1.29 is 19.2 Å². The zero-order valence-electron chi connectivity index (χ0n) is 13.4. The van der Waals surface area contributed by atoms with E-state index in [-0.39, 0.29) is 27.3 Å². The molecule has 0 aliphatic carbocycles. The average Bonchev–Trinajstić information content (AvgIpc) is 3.10. The second-order valence-corrected chi connectivity index (χ2v) is 6.49. The Morgan fingerprint density at radius 3 is 2.59 bits per heavy atom. The van der Waals surface area contributed by atoms with Crippen molar-refractivity contribution in [3.63, 3.8) is 0 Å². The summed E-state index contributed by atoms with van der Waals surface area (Å²) in [5, 5.41) is 28.6. The molecule has 0 atom stereocenters. The Bertz CT molecular complexity index is 1050. The summed E-state index contributed by atoms with van der Waals surface area (Å²) in [6.45, 7) is 0. The van der Waals surface area contributed by atoms with E-state index in [4.69, 9.17) is 16.0 Å². The van der Waals surface area contributed by atoms with E-state index in [0.29, 0.717) is 22.3 Å². The number of hydrogen-bond acceptors (Lipinski definition) is 7. The Labute approximate surface area is 161 Å². The molecule has 3 rings (SSSR count). The van der Waals surface area contributed by atoms with Gasteiger partial charge in [-0.3, -0.25) is 10.1 Å². The lowest BCUT2D eigenvalue weighted by atomic mass is 10.1. The van der Waals surface area contributed by atoms with Crippen LogP contribution in [0.25, 0.3) is 17.5 Å². The van der Waals surface area contributed by atoms with Crippen LogP contribution < -0.4 is 0 Å². The molecule has 8 nitrogen and oxygen atoms in total. The van der Waals surface area contributed by atoms with Crippen molar-refractivity contribution in [1.29, 1.82) is 0 Å². The second-order valence-electron chi connectivity index (χ2n) is 5.08. The van der Waals surface area contributed by atoms with Crippen molar-refractivity contribution in [3.05, 3.63) is 74.1 Å². The number of carboxylic acids is 1. The molecule has 0 unspecified atom stereocenters. The number of carboxylic acid groups (broad SMARTS) is 1. The van der Waals surface area contributed by atoms with Crippen LogP contribution in [0.4, 0.5) is 5.69 Å². The zero-order valence-corrected chi connectivity index (χ0v) is 15.0. The maximum absolute atomic E-state index is 11.6. The molecule has 0 saturated heterocycles. The fraction of sp³-hybridized carbons (Fsp3) is 0. The molecular weight excluding hydrogens is 394 g/mol. The lowest BCUT2D eigenvalue weighted by molar-refractivity contribution is -0.385. The largest absolute Gasteiger partial charge is 0.477 e. The topological polar surface area (TPSA) is 119 Å². The number of para-hydroxylation sites is 1. The van der Waals surface area contributed by atoms with Crippen LogP contribution in [0, 0.1) is 10.1 Å². The van der Waals surface area contributed by atoms with Gasteiger partial charge in [0.05, 0.1) is 21.1 Å². The van der Waals surface area contributed by atoms with Gasteiger partial charge in [-0.25, -0.2) is 4.79 Å². The predicted molar refractivity (Wildman–Crippen MR) is 99.3 cm³/mol. The molecule has 0 spiro atoms. The van der Waals surface area contributed by atoms with Crippen molar-refractivity contribution in [2.45, 2.75) is 5.22 Å². The van der Waals surface area contributed by atoms with Gasteiger partial charge >= 0.3 is 5.97 Å². The molecule has 27 heavy (non-hydrogen) atoms. The van der Waals surface area contributed by atoms with Crippen molar-refractivity contribution in [1.82, 2.24) is 10.2 Å². The van der Waals surface area contributed by atoms with Gasteiger partial charge in [-0.15, -0.1) is 10.2 Å². The Kier molecular flexibility index (Phi) is 5.53. The standard InChI is InChI=1S/C17H10ClN3O5S/c18-12-7-3-2-6-11(12)15-19-20-17(26-15)27-14(16(22)23)9-10-5-1-4-8-13(10)21(24)25/h1-9H,(H,22,23)/b14-9+. The fourth-order valence-corrected chi connectivity index (χ4v) is 3.02. The third-order valence-corrected chi connectivity index (χ3v) is 4.52. The van der Waals surface area contributed by atoms with Gasteiger partial charge in [0, 0.05) is 6.07 Å². The van der Waals surface area contributed by atoms with Gasteiger partial charge in [0.25, 0.3) is 10.9 Å². The van der Waals surface area contributed by atoms with E-state index in [2.05, 4.69) is 10.2 Å². The highest BCUT2D eigenvalue weighted by molar-refractivity contribution is 8.03.